The largest absolute Gasteiger partial charge is 0.487 e. The Morgan fingerprint density at radius 1 is 1.11 bits per heavy atom. The maximum atomic E-state index is 6.33. The third-order valence-corrected chi connectivity index (χ3v) is 5.36. The van der Waals surface area contributed by atoms with Gasteiger partial charge >= 0.3 is 0 Å². The number of benzene rings is 1. The lowest BCUT2D eigenvalue weighted by atomic mass is 9.61. The molecule has 0 saturated heterocycles. The quantitative estimate of drug-likeness (QED) is 0.694. The van der Waals surface area contributed by atoms with E-state index in [1.165, 1.54) is 17.5 Å². The molecule has 0 spiro atoms. The first kappa shape index (κ1) is 11.6. The van der Waals surface area contributed by atoms with Crippen LogP contribution in [0.5, 0.6) is 11.5 Å². The van der Waals surface area contributed by atoms with E-state index in [1.807, 2.05) is 0 Å². The van der Waals surface area contributed by atoms with Crippen molar-refractivity contribution in [2.45, 2.75) is 64.1 Å². The molecule has 2 nitrogen and oxygen atoms in total. The van der Waals surface area contributed by atoms with Gasteiger partial charge in [0.25, 0.3) is 0 Å². The van der Waals surface area contributed by atoms with Crippen molar-refractivity contribution in [3.05, 3.63) is 23.3 Å². The summed E-state index contributed by atoms with van der Waals surface area (Å²) in [5, 5.41) is 0. The first-order valence-corrected chi connectivity index (χ1v) is 7.41. The van der Waals surface area contributed by atoms with Gasteiger partial charge in [0.15, 0.2) is 0 Å². The molecule has 1 fully saturated rings. The molecule has 2 bridgehead atoms. The van der Waals surface area contributed by atoms with Crippen LogP contribution in [0.1, 0.15) is 57.1 Å². The number of fused-ring (bicyclic) bond motifs is 1. The Bertz CT molecular complexity index is 543. The van der Waals surface area contributed by atoms with Crippen LogP contribution >= 0.6 is 0 Å². The molecule has 1 aliphatic carbocycles. The lowest BCUT2D eigenvalue weighted by molar-refractivity contribution is -0.0727. The lowest BCUT2D eigenvalue weighted by Gasteiger charge is -2.55. The molecule has 0 N–H and O–H groups in total. The lowest BCUT2D eigenvalue weighted by Crippen LogP contribution is -2.53. The standard InChI is InChI=1S/C17H22O2/c1-10-7-13-15-11-9-17(4,19-14(15)8-10)6-5-12(11)16(2,3)18-13/h7-8,11-12H,5-6,9H2,1-4H3/t11-,12+,17-/m1/s1. The number of aryl methyl sites for hydroxylation is 1. The highest BCUT2D eigenvalue weighted by Crippen LogP contribution is 2.60. The minimum absolute atomic E-state index is 0.0344. The second-order valence-corrected chi connectivity index (χ2v) is 7.39. The molecule has 1 aromatic rings. The molecule has 0 radical (unpaired) electrons. The molecule has 1 aromatic carbocycles. The van der Waals surface area contributed by atoms with E-state index >= 15 is 0 Å². The van der Waals surface area contributed by atoms with Gasteiger partial charge in [-0.05, 0) is 64.7 Å². The van der Waals surface area contributed by atoms with Crippen LogP contribution in [0.15, 0.2) is 12.1 Å². The van der Waals surface area contributed by atoms with E-state index in [0.717, 1.165) is 24.3 Å². The maximum Gasteiger partial charge on any atom is 0.127 e. The van der Waals surface area contributed by atoms with E-state index < -0.39 is 0 Å². The smallest absolute Gasteiger partial charge is 0.127 e. The highest BCUT2D eigenvalue weighted by Gasteiger charge is 2.53. The summed E-state index contributed by atoms with van der Waals surface area (Å²) in [4.78, 5) is 0. The molecule has 2 heteroatoms. The highest BCUT2D eigenvalue weighted by atomic mass is 16.5. The Kier molecular flexibility index (Phi) is 2.01. The van der Waals surface area contributed by atoms with E-state index in [4.69, 9.17) is 9.47 Å². The Hall–Kier alpha value is -1.18. The van der Waals surface area contributed by atoms with Gasteiger partial charge in [0.05, 0.1) is 0 Å². The predicted octanol–water partition coefficient (Wildman–Crippen LogP) is 4.20. The SMILES string of the molecule is Cc1cc2c3c(c1)O[C@]1(C)CC[C@@H]([C@H]3C1)C(C)(C)O2. The summed E-state index contributed by atoms with van der Waals surface area (Å²) in [5.41, 5.74) is 2.55. The molecule has 0 unspecified atom stereocenters. The van der Waals surface area contributed by atoms with Crippen LogP contribution in [0.3, 0.4) is 0 Å². The van der Waals surface area contributed by atoms with Crippen LogP contribution in [0.2, 0.25) is 0 Å². The predicted molar refractivity (Wildman–Crippen MR) is 75.0 cm³/mol. The molecule has 4 rings (SSSR count). The first-order chi connectivity index (χ1) is 8.88. The minimum Gasteiger partial charge on any atom is -0.487 e. The second-order valence-electron chi connectivity index (χ2n) is 7.39. The topological polar surface area (TPSA) is 18.5 Å². The van der Waals surface area contributed by atoms with Gasteiger partial charge in [-0.25, -0.2) is 0 Å². The van der Waals surface area contributed by atoms with Gasteiger partial charge in [-0.15, -0.1) is 0 Å². The van der Waals surface area contributed by atoms with Gasteiger partial charge in [0.1, 0.15) is 22.7 Å². The van der Waals surface area contributed by atoms with Crippen molar-refractivity contribution >= 4 is 0 Å². The Balaban J connectivity index is 1.97. The van der Waals surface area contributed by atoms with Crippen LogP contribution in [0, 0.1) is 12.8 Å². The summed E-state index contributed by atoms with van der Waals surface area (Å²) in [7, 11) is 0. The van der Waals surface area contributed by atoms with Gasteiger partial charge in [0.2, 0.25) is 0 Å². The fourth-order valence-electron chi connectivity index (χ4n) is 4.49. The summed E-state index contributed by atoms with van der Waals surface area (Å²) < 4.78 is 12.7. The van der Waals surface area contributed by atoms with Gasteiger partial charge in [-0.3, -0.25) is 0 Å². The molecular weight excluding hydrogens is 236 g/mol. The Labute approximate surface area is 115 Å². The average Bonchev–Trinajstić information content (AvgIpc) is 2.24. The zero-order valence-electron chi connectivity index (χ0n) is 12.2. The minimum atomic E-state index is -0.0542. The normalized spacial score (nSPS) is 37.3. The molecule has 2 heterocycles. The summed E-state index contributed by atoms with van der Waals surface area (Å²) in [6.07, 6.45) is 3.50. The molecule has 0 aromatic heterocycles. The monoisotopic (exact) mass is 258 g/mol. The molecular formula is C17H22O2. The van der Waals surface area contributed by atoms with E-state index in [1.54, 1.807) is 0 Å². The molecule has 0 amide bonds. The van der Waals surface area contributed by atoms with Crippen LogP contribution in [-0.2, 0) is 0 Å². The zero-order valence-corrected chi connectivity index (χ0v) is 12.2. The number of rotatable bonds is 0. The highest BCUT2D eigenvalue weighted by molar-refractivity contribution is 5.54. The van der Waals surface area contributed by atoms with Gasteiger partial charge < -0.3 is 9.47 Å². The van der Waals surface area contributed by atoms with Crippen molar-refractivity contribution < 1.29 is 9.47 Å². The van der Waals surface area contributed by atoms with E-state index in [9.17, 15) is 0 Å². The summed E-state index contributed by atoms with van der Waals surface area (Å²) >= 11 is 0. The van der Waals surface area contributed by atoms with E-state index in [0.29, 0.717) is 11.8 Å². The number of ether oxygens (including phenoxy) is 2. The first-order valence-electron chi connectivity index (χ1n) is 7.41. The summed E-state index contributed by atoms with van der Waals surface area (Å²) in [5.74, 6) is 3.37. The third-order valence-electron chi connectivity index (χ3n) is 5.36. The van der Waals surface area contributed by atoms with Crippen molar-refractivity contribution in [1.29, 1.82) is 0 Å². The van der Waals surface area contributed by atoms with Crippen LogP contribution in [-0.4, -0.2) is 11.2 Å². The maximum absolute atomic E-state index is 6.33. The van der Waals surface area contributed by atoms with Crippen LogP contribution in [0.25, 0.3) is 0 Å². The Morgan fingerprint density at radius 2 is 1.79 bits per heavy atom. The van der Waals surface area contributed by atoms with Gasteiger partial charge in [0, 0.05) is 17.4 Å². The second kappa shape index (κ2) is 3.28. The fraction of sp³-hybridized carbons (Fsp3) is 0.647. The van der Waals surface area contributed by atoms with Crippen LogP contribution < -0.4 is 9.47 Å². The van der Waals surface area contributed by atoms with E-state index in [2.05, 4.69) is 39.8 Å². The average molecular weight is 258 g/mol. The van der Waals surface area contributed by atoms with Crippen molar-refractivity contribution in [3.8, 4) is 11.5 Å². The molecule has 3 atom stereocenters. The summed E-state index contributed by atoms with van der Waals surface area (Å²) in [6.45, 7) is 8.90. The van der Waals surface area contributed by atoms with Crippen molar-refractivity contribution in [2.24, 2.45) is 5.92 Å². The Morgan fingerprint density at radius 3 is 2.53 bits per heavy atom. The van der Waals surface area contributed by atoms with Crippen molar-refractivity contribution in [2.75, 3.05) is 0 Å². The fourth-order valence-corrected chi connectivity index (χ4v) is 4.49. The third kappa shape index (κ3) is 1.49. The molecule has 1 saturated carbocycles. The van der Waals surface area contributed by atoms with Crippen molar-refractivity contribution in [3.63, 3.8) is 0 Å². The van der Waals surface area contributed by atoms with Gasteiger partial charge in [-0.2, -0.15) is 0 Å². The van der Waals surface area contributed by atoms with Gasteiger partial charge in [-0.1, -0.05) is 0 Å². The number of hydrogen-bond acceptors (Lipinski definition) is 2. The van der Waals surface area contributed by atoms with Crippen LogP contribution in [0.4, 0.5) is 0 Å². The zero-order chi connectivity index (χ0) is 13.4. The molecule has 19 heavy (non-hydrogen) atoms. The van der Waals surface area contributed by atoms with E-state index in [-0.39, 0.29) is 11.2 Å². The molecule has 2 aliphatic heterocycles. The van der Waals surface area contributed by atoms with Crippen molar-refractivity contribution in [1.82, 2.24) is 0 Å². The number of hydrogen-bond donors (Lipinski definition) is 0. The summed E-state index contributed by atoms with van der Waals surface area (Å²) in [6, 6.07) is 4.37. The molecule has 102 valence electrons. The molecule has 3 aliphatic rings.